The second-order valence-corrected chi connectivity index (χ2v) is 7.79. The molecule has 0 unspecified atom stereocenters. The summed E-state index contributed by atoms with van der Waals surface area (Å²) >= 11 is 0. The van der Waals surface area contributed by atoms with Gasteiger partial charge in [-0.3, -0.25) is 9.69 Å². The maximum Gasteiger partial charge on any atom is 0.219 e. The van der Waals surface area contributed by atoms with E-state index < -0.39 is 0 Å². The van der Waals surface area contributed by atoms with Crippen LogP contribution < -0.4 is 0 Å². The lowest BCUT2D eigenvalue weighted by Gasteiger charge is -2.30. The first-order valence-corrected chi connectivity index (χ1v) is 9.89. The van der Waals surface area contributed by atoms with E-state index >= 15 is 0 Å². The summed E-state index contributed by atoms with van der Waals surface area (Å²) < 4.78 is 0. The van der Waals surface area contributed by atoms with Crippen LogP contribution >= 0.6 is 0 Å². The highest BCUT2D eigenvalue weighted by atomic mass is 16.2. The molecule has 25 heavy (non-hydrogen) atoms. The number of carbonyl (C=O) groups excluding carboxylic acids is 1. The summed E-state index contributed by atoms with van der Waals surface area (Å²) in [5.41, 5.74) is 1.45. The molecule has 0 saturated carbocycles. The van der Waals surface area contributed by atoms with Crippen LogP contribution in [-0.2, 0) is 11.2 Å². The summed E-state index contributed by atoms with van der Waals surface area (Å²) in [4.78, 5) is 18.9. The van der Waals surface area contributed by atoms with Gasteiger partial charge in [0.25, 0.3) is 0 Å². The Morgan fingerprint density at radius 1 is 1.08 bits per heavy atom. The van der Waals surface area contributed by atoms with Gasteiger partial charge < -0.3 is 9.80 Å². The first kappa shape index (κ1) is 18.4. The number of hydrogen-bond donors (Lipinski definition) is 0. The smallest absolute Gasteiger partial charge is 0.219 e. The lowest BCUT2D eigenvalue weighted by Crippen LogP contribution is -2.43. The van der Waals surface area contributed by atoms with Gasteiger partial charge >= 0.3 is 0 Å². The predicted octanol–water partition coefficient (Wildman–Crippen LogP) is 2.49. The number of amides is 1. The minimum Gasteiger partial charge on any atom is -0.342 e. The van der Waals surface area contributed by atoms with Crippen molar-refractivity contribution in [2.24, 2.45) is 5.92 Å². The normalized spacial score (nSPS) is 25.9. The van der Waals surface area contributed by atoms with E-state index in [1.54, 1.807) is 6.92 Å². The number of carbonyl (C=O) groups is 1. The van der Waals surface area contributed by atoms with E-state index in [9.17, 15) is 4.79 Å². The Kier molecular flexibility index (Phi) is 6.49. The largest absolute Gasteiger partial charge is 0.342 e. The van der Waals surface area contributed by atoms with Gasteiger partial charge in [-0.1, -0.05) is 37.3 Å². The molecule has 2 aliphatic rings. The minimum absolute atomic E-state index is 0.226. The van der Waals surface area contributed by atoms with Crippen LogP contribution in [0.25, 0.3) is 0 Å². The van der Waals surface area contributed by atoms with E-state index in [2.05, 4.69) is 47.1 Å². The van der Waals surface area contributed by atoms with E-state index in [1.807, 2.05) is 4.90 Å². The first-order chi connectivity index (χ1) is 12.1. The van der Waals surface area contributed by atoms with Crippen molar-refractivity contribution in [2.75, 3.05) is 45.8 Å². The van der Waals surface area contributed by atoms with E-state index in [1.165, 1.54) is 38.0 Å². The highest BCUT2D eigenvalue weighted by Crippen LogP contribution is 2.23. The van der Waals surface area contributed by atoms with Crippen LogP contribution in [0.1, 0.15) is 32.3 Å². The van der Waals surface area contributed by atoms with Crippen molar-refractivity contribution in [1.29, 1.82) is 0 Å². The molecule has 4 nitrogen and oxygen atoms in total. The first-order valence-electron chi connectivity index (χ1n) is 9.89. The second kappa shape index (κ2) is 8.81. The molecule has 0 bridgehead atoms. The van der Waals surface area contributed by atoms with Crippen molar-refractivity contribution in [2.45, 2.75) is 39.2 Å². The molecule has 1 aromatic carbocycles. The zero-order chi connectivity index (χ0) is 17.6. The molecule has 0 N–H and O–H groups in total. The van der Waals surface area contributed by atoms with Gasteiger partial charge in [-0.05, 0) is 37.3 Å². The van der Waals surface area contributed by atoms with Crippen molar-refractivity contribution in [3.05, 3.63) is 35.9 Å². The molecular formula is C21H33N3O. The van der Waals surface area contributed by atoms with Gasteiger partial charge in [-0.2, -0.15) is 0 Å². The van der Waals surface area contributed by atoms with E-state index in [-0.39, 0.29) is 5.91 Å². The molecule has 2 saturated heterocycles. The van der Waals surface area contributed by atoms with Gasteiger partial charge in [0, 0.05) is 52.2 Å². The molecule has 0 aliphatic carbocycles. The predicted molar refractivity (Wildman–Crippen MR) is 103 cm³/mol. The van der Waals surface area contributed by atoms with Gasteiger partial charge in [0.2, 0.25) is 5.91 Å². The standard InChI is InChI=1S/C21H33N3O/c1-18-16-22(11-6-10-20-8-4-3-5-9-20)17-21(18)24-13-7-12-23(14-15-24)19(2)25/h3-5,8-9,18,21H,6-7,10-17H2,1-2H3/t18-,21+/m0/s1. The van der Waals surface area contributed by atoms with Gasteiger partial charge in [0.15, 0.2) is 0 Å². The highest BCUT2D eigenvalue weighted by molar-refractivity contribution is 5.73. The number of aryl methyl sites for hydroxylation is 1. The molecule has 1 amide bonds. The molecule has 2 atom stereocenters. The van der Waals surface area contributed by atoms with E-state index in [0.29, 0.717) is 6.04 Å². The van der Waals surface area contributed by atoms with Crippen molar-refractivity contribution in [3.8, 4) is 0 Å². The average molecular weight is 344 g/mol. The Morgan fingerprint density at radius 2 is 1.88 bits per heavy atom. The van der Waals surface area contributed by atoms with Crippen LogP contribution in [0.2, 0.25) is 0 Å². The molecule has 0 spiro atoms. The van der Waals surface area contributed by atoms with Gasteiger partial charge in [-0.15, -0.1) is 0 Å². The topological polar surface area (TPSA) is 26.8 Å². The second-order valence-electron chi connectivity index (χ2n) is 7.79. The summed E-state index contributed by atoms with van der Waals surface area (Å²) in [5.74, 6) is 0.949. The fraction of sp³-hybridized carbons (Fsp3) is 0.667. The third-order valence-electron chi connectivity index (χ3n) is 5.88. The molecule has 2 fully saturated rings. The molecule has 0 radical (unpaired) electrons. The van der Waals surface area contributed by atoms with Crippen LogP contribution in [0.5, 0.6) is 0 Å². The number of benzene rings is 1. The molecule has 1 aromatic rings. The van der Waals surface area contributed by atoms with Crippen molar-refractivity contribution < 1.29 is 4.79 Å². The van der Waals surface area contributed by atoms with Crippen LogP contribution in [0.3, 0.4) is 0 Å². The maximum absolute atomic E-state index is 11.6. The molecule has 0 aromatic heterocycles. The summed E-state index contributed by atoms with van der Waals surface area (Å²) in [6.07, 6.45) is 3.52. The number of rotatable bonds is 5. The Balaban J connectivity index is 1.45. The van der Waals surface area contributed by atoms with Crippen LogP contribution in [-0.4, -0.2) is 72.5 Å². The van der Waals surface area contributed by atoms with E-state index in [0.717, 1.165) is 38.5 Å². The molecule has 138 valence electrons. The maximum atomic E-state index is 11.6. The van der Waals surface area contributed by atoms with Gasteiger partial charge in [0.05, 0.1) is 0 Å². The summed E-state index contributed by atoms with van der Waals surface area (Å²) in [7, 11) is 0. The zero-order valence-electron chi connectivity index (χ0n) is 15.9. The Morgan fingerprint density at radius 3 is 2.64 bits per heavy atom. The summed E-state index contributed by atoms with van der Waals surface area (Å²) in [6, 6.07) is 11.5. The van der Waals surface area contributed by atoms with Crippen LogP contribution in [0.4, 0.5) is 0 Å². The molecule has 3 rings (SSSR count). The van der Waals surface area contributed by atoms with E-state index in [4.69, 9.17) is 0 Å². The third kappa shape index (κ3) is 5.05. The summed E-state index contributed by atoms with van der Waals surface area (Å²) in [6.45, 7) is 11.7. The van der Waals surface area contributed by atoms with Crippen LogP contribution in [0.15, 0.2) is 30.3 Å². The molecule has 2 aliphatic heterocycles. The van der Waals surface area contributed by atoms with Crippen LogP contribution in [0, 0.1) is 5.92 Å². The molecule has 2 heterocycles. The quantitative estimate of drug-likeness (QED) is 0.822. The monoisotopic (exact) mass is 343 g/mol. The Bertz CT molecular complexity index is 547. The Hall–Kier alpha value is -1.39. The number of likely N-dealkylation sites (tertiary alicyclic amines) is 1. The van der Waals surface area contributed by atoms with Gasteiger partial charge in [-0.25, -0.2) is 0 Å². The fourth-order valence-electron chi connectivity index (χ4n) is 4.44. The minimum atomic E-state index is 0.226. The lowest BCUT2D eigenvalue weighted by molar-refractivity contribution is -0.128. The average Bonchev–Trinajstić information content (AvgIpc) is 2.82. The number of hydrogen-bond acceptors (Lipinski definition) is 3. The number of nitrogens with zero attached hydrogens (tertiary/aromatic N) is 3. The summed E-state index contributed by atoms with van der Waals surface area (Å²) in [5, 5.41) is 0. The Labute approximate surface area is 152 Å². The van der Waals surface area contributed by atoms with Gasteiger partial charge in [0.1, 0.15) is 0 Å². The molecular weight excluding hydrogens is 310 g/mol. The highest BCUT2D eigenvalue weighted by Gasteiger charge is 2.34. The molecule has 4 heteroatoms. The SMILES string of the molecule is CC(=O)N1CCCN([C@@H]2CN(CCCc3ccccc3)C[C@@H]2C)CC1. The third-order valence-corrected chi connectivity index (χ3v) is 5.88. The fourth-order valence-corrected chi connectivity index (χ4v) is 4.44. The van der Waals surface area contributed by atoms with Crippen molar-refractivity contribution in [1.82, 2.24) is 14.7 Å². The van der Waals surface area contributed by atoms with Crippen molar-refractivity contribution >= 4 is 5.91 Å². The van der Waals surface area contributed by atoms with Crippen molar-refractivity contribution in [3.63, 3.8) is 0 Å². The zero-order valence-corrected chi connectivity index (χ0v) is 15.9. The lowest BCUT2D eigenvalue weighted by atomic mass is 10.0.